The maximum absolute atomic E-state index is 13.1. The second-order valence-corrected chi connectivity index (χ2v) is 17.6. The van der Waals surface area contributed by atoms with E-state index in [2.05, 4.69) is 30.7 Å². The van der Waals surface area contributed by atoms with E-state index in [1.54, 1.807) is 27.9 Å². The Labute approximate surface area is 229 Å². The number of fused-ring (bicyclic) bond motifs is 2. The highest BCUT2D eigenvalue weighted by Gasteiger charge is 2.32. The summed E-state index contributed by atoms with van der Waals surface area (Å²) in [5, 5.41) is 15.5. The number of hydrogen-bond donors (Lipinski definition) is 0. The lowest BCUT2D eigenvalue weighted by Crippen LogP contribution is -2.42. The van der Waals surface area contributed by atoms with Gasteiger partial charge in [-0.2, -0.15) is 10.4 Å². The van der Waals surface area contributed by atoms with Crippen molar-refractivity contribution in [2.45, 2.75) is 65.7 Å². The first-order valence-electron chi connectivity index (χ1n) is 12.6. The van der Waals surface area contributed by atoms with Crippen LogP contribution in [0.15, 0.2) is 18.3 Å². The number of benzene rings is 1. The van der Waals surface area contributed by atoms with Crippen molar-refractivity contribution in [3.63, 3.8) is 0 Å². The minimum atomic E-state index is -1.25. The molecule has 1 aromatic carbocycles. The van der Waals surface area contributed by atoms with Gasteiger partial charge < -0.3 is 14.2 Å². The Kier molecular flexibility index (Phi) is 7.75. The van der Waals surface area contributed by atoms with Crippen molar-refractivity contribution in [2.24, 2.45) is 0 Å². The molecular formula is C27H34ClN5O4Si. The van der Waals surface area contributed by atoms with Gasteiger partial charge in [0.25, 0.3) is 0 Å². The van der Waals surface area contributed by atoms with E-state index in [0.29, 0.717) is 47.6 Å². The van der Waals surface area contributed by atoms with Crippen LogP contribution in [0.5, 0.6) is 5.88 Å². The molecule has 0 atom stereocenters. The molecule has 0 spiro atoms. The third-order valence-electron chi connectivity index (χ3n) is 6.13. The number of aromatic nitrogens is 3. The van der Waals surface area contributed by atoms with Crippen LogP contribution in [0.2, 0.25) is 30.7 Å². The van der Waals surface area contributed by atoms with E-state index in [9.17, 15) is 10.1 Å². The molecule has 11 heteroatoms. The molecule has 3 aromatic rings. The first-order chi connectivity index (χ1) is 17.8. The van der Waals surface area contributed by atoms with Gasteiger partial charge in [-0.15, -0.1) is 0 Å². The van der Waals surface area contributed by atoms with Crippen LogP contribution in [0.25, 0.3) is 22.2 Å². The van der Waals surface area contributed by atoms with Gasteiger partial charge in [-0.05, 0) is 51.4 Å². The van der Waals surface area contributed by atoms with Crippen molar-refractivity contribution >= 4 is 42.4 Å². The van der Waals surface area contributed by atoms with Crippen molar-refractivity contribution in [1.29, 1.82) is 5.26 Å². The third-order valence-corrected chi connectivity index (χ3v) is 8.15. The molecular weight excluding hydrogens is 522 g/mol. The molecule has 0 radical (unpaired) electrons. The van der Waals surface area contributed by atoms with Gasteiger partial charge in [0.05, 0.1) is 22.6 Å². The Morgan fingerprint density at radius 2 is 2.03 bits per heavy atom. The Morgan fingerprint density at radius 3 is 2.68 bits per heavy atom. The second kappa shape index (κ2) is 10.6. The molecule has 0 saturated carbocycles. The van der Waals surface area contributed by atoms with Crippen LogP contribution in [0.3, 0.4) is 0 Å². The van der Waals surface area contributed by atoms with Gasteiger partial charge in [-0.3, -0.25) is 4.90 Å². The number of anilines is 1. The lowest BCUT2D eigenvalue weighted by molar-refractivity contribution is 0.0566. The van der Waals surface area contributed by atoms with Crippen LogP contribution in [0, 0.1) is 18.3 Å². The lowest BCUT2D eigenvalue weighted by atomic mass is 10.0. The number of halogens is 1. The first kappa shape index (κ1) is 27.9. The van der Waals surface area contributed by atoms with Gasteiger partial charge in [0.1, 0.15) is 36.4 Å². The van der Waals surface area contributed by atoms with Crippen molar-refractivity contribution in [3.05, 3.63) is 34.5 Å². The smallest absolute Gasteiger partial charge is 0.415 e. The molecule has 0 unspecified atom stereocenters. The number of carbonyl (C=O) groups is 1. The summed E-state index contributed by atoms with van der Waals surface area (Å²) in [6.07, 6.45) is 1.23. The Balaban J connectivity index is 1.79. The molecule has 0 saturated heterocycles. The molecule has 4 rings (SSSR count). The van der Waals surface area contributed by atoms with Crippen molar-refractivity contribution in [3.8, 4) is 23.2 Å². The van der Waals surface area contributed by atoms with Crippen LogP contribution in [-0.2, 0) is 16.2 Å². The average Bonchev–Trinajstić information content (AvgIpc) is 3.16. The SMILES string of the molecule is Cc1c(-c2nn(COCC[Si](C)(C)C)c3cc(C#N)c(Cl)cc23)cnc2c1N(C(=O)OC(C)(C)C)CCO2. The fourth-order valence-electron chi connectivity index (χ4n) is 4.18. The molecule has 2 aromatic heterocycles. The Hall–Kier alpha value is -3.13. The largest absolute Gasteiger partial charge is 0.474 e. The third kappa shape index (κ3) is 5.95. The van der Waals surface area contributed by atoms with Crippen molar-refractivity contribution in [1.82, 2.24) is 14.8 Å². The fraction of sp³-hybridized carbons (Fsp3) is 0.481. The second-order valence-electron chi connectivity index (χ2n) is 11.6. The summed E-state index contributed by atoms with van der Waals surface area (Å²) < 4.78 is 19.2. The van der Waals surface area contributed by atoms with Gasteiger partial charge in [-0.1, -0.05) is 31.2 Å². The van der Waals surface area contributed by atoms with E-state index < -0.39 is 19.8 Å². The zero-order valence-electron chi connectivity index (χ0n) is 23.0. The van der Waals surface area contributed by atoms with Crippen molar-refractivity contribution < 1.29 is 19.0 Å². The Bertz CT molecular complexity index is 1420. The minimum Gasteiger partial charge on any atom is -0.474 e. The van der Waals surface area contributed by atoms with E-state index in [4.69, 9.17) is 30.9 Å². The summed E-state index contributed by atoms with van der Waals surface area (Å²) in [4.78, 5) is 19.2. The van der Waals surface area contributed by atoms with Crippen LogP contribution < -0.4 is 9.64 Å². The topological polar surface area (TPSA) is 102 Å². The maximum atomic E-state index is 13.1. The highest BCUT2D eigenvalue weighted by atomic mass is 35.5. The van der Waals surface area contributed by atoms with Crippen LogP contribution in [0.1, 0.15) is 31.9 Å². The molecule has 0 bridgehead atoms. The summed E-state index contributed by atoms with van der Waals surface area (Å²) in [5.41, 5.74) is 3.11. The molecule has 202 valence electrons. The van der Waals surface area contributed by atoms with E-state index in [-0.39, 0.29) is 6.73 Å². The summed E-state index contributed by atoms with van der Waals surface area (Å²) >= 11 is 6.44. The zero-order chi connectivity index (χ0) is 27.8. The van der Waals surface area contributed by atoms with Crippen LogP contribution in [-0.4, -0.2) is 54.3 Å². The van der Waals surface area contributed by atoms with Gasteiger partial charge in [0.15, 0.2) is 0 Å². The molecule has 3 heterocycles. The van der Waals surface area contributed by atoms with Gasteiger partial charge in [0, 0.05) is 31.8 Å². The average molecular weight is 556 g/mol. The highest BCUT2D eigenvalue weighted by molar-refractivity contribution is 6.76. The fourth-order valence-corrected chi connectivity index (χ4v) is 5.14. The molecule has 0 aliphatic carbocycles. The number of carbonyl (C=O) groups excluding carboxylic acids is 1. The maximum Gasteiger partial charge on any atom is 0.415 e. The van der Waals surface area contributed by atoms with Gasteiger partial charge >= 0.3 is 6.09 Å². The minimum absolute atomic E-state index is 0.234. The first-order valence-corrected chi connectivity index (χ1v) is 16.7. The van der Waals surface area contributed by atoms with Gasteiger partial charge in [-0.25, -0.2) is 14.5 Å². The quantitative estimate of drug-likeness (QED) is 0.257. The Morgan fingerprint density at radius 1 is 1.29 bits per heavy atom. The number of rotatable bonds is 6. The molecule has 9 nitrogen and oxygen atoms in total. The van der Waals surface area contributed by atoms with E-state index in [1.807, 2.05) is 27.7 Å². The number of nitrogens with zero attached hydrogens (tertiary/aromatic N) is 5. The summed E-state index contributed by atoms with van der Waals surface area (Å²) in [7, 11) is -1.25. The summed E-state index contributed by atoms with van der Waals surface area (Å²) in [6, 6.07) is 6.65. The number of hydrogen-bond acceptors (Lipinski definition) is 7. The summed E-state index contributed by atoms with van der Waals surface area (Å²) in [6.45, 7) is 15.8. The number of nitriles is 1. The van der Waals surface area contributed by atoms with E-state index in [0.717, 1.165) is 28.1 Å². The molecule has 1 aliphatic rings. The predicted molar refractivity (Wildman–Crippen MR) is 151 cm³/mol. The monoisotopic (exact) mass is 555 g/mol. The number of pyridine rings is 1. The van der Waals surface area contributed by atoms with Crippen LogP contribution >= 0.6 is 11.6 Å². The predicted octanol–water partition coefficient (Wildman–Crippen LogP) is 6.38. The highest BCUT2D eigenvalue weighted by Crippen LogP contribution is 2.41. The molecule has 1 aliphatic heterocycles. The van der Waals surface area contributed by atoms with Crippen molar-refractivity contribution in [2.75, 3.05) is 24.7 Å². The zero-order valence-corrected chi connectivity index (χ0v) is 24.8. The van der Waals surface area contributed by atoms with E-state index in [1.165, 1.54) is 0 Å². The normalized spacial score (nSPS) is 13.7. The standard InChI is InChI=1S/C27H34ClN5O4Si/c1-17-20(15-30-25-24(17)32(8-9-36-25)26(34)37-27(2,3)4)23-19-13-21(28)18(14-29)12-22(19)33(31-23)16-35-10-11-38(5,6)7/h12-13,15H,8-11,16H2,1-7H3. The summed E-state index contributed by atoms with van der Waals surface area (Å²) in [5.74, 6) is 0.367. The molecule has 38 heavy (non-hydrogen) atoms. The molecule has 0 fully saturated rings. The number of amides is 1. The molecule has 0 N–H and O–H groups in total. The van der Waals surface area contributed by atoms with Gasteiger partial charge in [0.2, 0.25) is 5.88 Å². The lowest BCUT2D eigenvalue weighted by Gasteiger charge is -2.32. The van der Waals surface area contributed by atoms with Crippen LogP contribution in [0.4, 0.5) is 10.5 Å². The molecule has 1 amide bonds. The number of ether oxygens (including phenoxy) is 3. The van der Waals surface area contributed by atoms with E-state index >= 15 is 0 Å².